The number of nitrogens with one attached hydrogen (secondary N) is 2. The van der Waals surface area contributed by atoms with E-state index in [1.807, 2.05) is 25.1 Å². The standard InChI is InChI=1S/C15H16N6O2S/c1-20(2)11-6-12(17-9-3-4-9)21-13(18-11)8(7-16-21)5-10-14(22)19-15(23)24-10/h5-7,9,17H,3-4H2,1-2H3,(H,19,22,23). The highest BCUT2D eigenvalue weighted by Crippen LogP contribution is 2.30. The topological polar surface area (TPSA) is 91.6 Å². The quantitative estimate of drug-likeness (QED) is 0.816. The Morgan fingerprint density at radius 2 is 2.21 bits per heavy atom. The maximum Gasteiger partial charge on any atom is 0.290 e. The number of carbonyl (C=O) groups is 2. The van der Waals surface area contributed by atoms with Crippen molar-refractivity contribution in [1.82, 2.24) is 19.9 Å². The van der Waals surface area contributed by atoms with Gasteiger partial charge in [0, 0.05) is 31.8 Å². The summed E-state index contributed by atoms with van der Waals surface area (Å²) >= 11 is 0.886. The van der Waals surface area contributed by atoms with Crippen molar-refractivity contribution < 1.29 is 9.59 Å². The zero-order chi connectivity index (χ0) is 16.8. The van der Waals surface area contributed by atoms with Gasteiger partial charge in [-0.3, -0.25) is 14.9 Å². The predicted octanol–water partition coefficient (Wildman–Crippen LogP) is 1.69. The highest BCUT2D eigenvalue weighted by Gasteiger charge is 2.26. The van der Waals surface area contributed by atoms with E-state index in [0.717, 1.165) is 36.2 Å². The van der Waals surface area contributed by atoms with E-state index in [1.165, 1.54) is 0 Å². The van der Waals surface area contributed by atoms with E-state index in [-0.39, 0.29) is 11.1 Å². The summed E-state index contributed by atoms with van der Waals surface area (Å²) < 4.78 is 1.73. The summed E-state index contributed by atoms with van der Waals surface area (Å²) in [5, 5.41) is 9.73. The molecular formula is C15H16N6O2S. The van der Waals surface area contributed by atoms with Gasteiger partial charge >= 0.3 is 0 Å². The van der Waals surface area contributed by atoms with E-state index in [2.05, 4.69) is 20.7 Å². The Bertz CT molecular complexity index is 883. The molecule has 0 unspecified atom stereocenters. The molecular weight excluding hydrogens is 328 g/mol. The number of aromatic nitrogens is 3. The minimum atomic E-state index is -0.385. The van der Waals surface area contributed by atoms with Gasteiger partial charge in [-0.15, -0.1) is 0 Å². The van der Waals surface area contributed by atoms with Crippen molar-refractivity contribution >= 4 is 46.3 Å². The van der Waals surface area contributed by atoms with Gasteiger partial charge in [0.05, 0.1) is 11.1 Å². The molecule has 8 nitrogen and oxygen atoms in total. The third-order valence-corrected chi connectivity index (χ3v) is 4.61. The summed E-state index contributed by atoms with van der Waals surface area (Å²) in [5.41, 5.74) is 1.34. The lowest BCUT2D eigenvalue weighted by atomic mass is 10.3. The van der Waals surface area contributed by atoms with E-state index in [9.17, 15) is 9.59 Å². The number of amides is 2. The molecule has 2 N–H and O–H groups in total. The second kappa shape index (κ2) is 5.52. The Kier molecular flexibility index (Phi) is 3.45. The molecule has 0 bridgehead atoms. The van der Waals surface area contributed by atoms with Crippen molar-refractivity contribution in [3.63, 3.8) is 0 Å². The van der Waals surface area contributed by atoms with E-state index < -0.39 is 0 Å². The Balaban J connectivity index is 1.82. The summed E-state index contributed by atoms with van der Waals surface area (Å²) in [6.45, 7) is 0. The molecule has 3 heterocycles. The van der Waals surface area contributed by atoms with Crippen LogP contribution >= 0.6 is 11.8 Å². The van der Waals surface area contributed by atoms with Gasteiger partial charge in [0.25, 0.3) is 11.1 Å². The number of rotatable bonds is 4. The molecule has 1 saturated carbocycles. The molecule has 4 rings (SSSR count). The molecule has 1 aliphatic heterocycles. The van der Waals surface area contributed by atoms with Crippen LogP contribution in [-0.2, 0) is 4.79 Å². The second-order valence-corrected chi connectivity index (χ2v) is 7.01. The maximum absolute atomic E-state index is 11.8. The van der Waals surface area contributed by atoms with Gasteiger partial charge < -0.3 is 10.2 Å². The molecule has 24 heavy (non-hydrogen) atoms. The van der Waals surface area contributed by atoms with Crippen LogP contribution in [0.5, 0.6) is 0 Å². The van der Waals surface area contributed by atoms with E-state index >= 15 is 0 Å². The van der Waals surface area contributed by atoms with E-state index in [4.69, 9.17) is 0 Å². The summed E-state index contributed by atoms with van der Waals surface area (Å²) in [6.07, 6.45) is 5.61. The minimum absolute atomic E-state index is 0.351. The molecule has 0 spiro atoms. The van der Waals surface area contributed by atoms with Crippen molar-refractivity contribution in [3.05, 3.63) is 22.7 Å². The Hall–Kier alpha value is -2.55. The molecule has 0 atom stereocenters. The fourth-order valence-corrected chi connectivity index (χ4v) is 3.07. The van der Waals surface area contributed by atoms with Gasteiger partial charge in [0.2, 0.25) is 0 Å². The number of hydrogen-bond donors (Lipinski definition) is 2. The molecule has 2 amide bonds. The average Bonchev–Trinajstić information content (AvgIpc) is 3.16. The van der Waals surface area contributed by atoms with Crippen LogP contribution < -0.4 is 15.5 Å². The largest absolute Gasteiger partial charge is 0.367 e. The predicted molar refractivity (Wildman–Crippen MR) is 93.1 cm³/mol. The lowest BCUT2D eigenvalue weighted by Gasteiger charge is -2.15. The second-order valence-electron chi connectivity index (χ2n) is 6.00. The molecule has 0 radical (unpaired) electrons. The highest BCUT2D eigenvalue weighted by molar-refractivity contribution is 8.18. The molecule has 2 aliphatic rings. The number of thioether (sulfide) groups is 1. The molecule has 9 heteroatoms. The van der Waals surface area contributed by atoms with Gasteiger partial charge in [-0.2, -0.15) is 9.61 Å². The zero-order valence-corrected chi connectivity index (χ0v) is 14.1. The van der Waals surface area contributed by atoms with Crippen LogP contribution in [0.4, 0.5) is 16.4 Å². The van der Waals surface area contributed by atoms with Gasteiger partial charge in [0.1, 0.15) is 11.6 Å². The van der Waals surface area contributed by atoms with Crippen LogP contribution in [0.2, 0.25) is 0 Å². The van der Waals surface area contributed by atoms with E-state index in [0.29, 0.717) is 22.2 Å². The highest BCUT2D eigenvalue weighted by atomic mass is 32.2. The average molecular weight is 344 g/mol. The van der Waals surface area contributed by atoms with Gasteiger partial charge in [-0.25, -0.2) is 4.98 Å². The normalized spacial score (nSPS) is 19.2. The zero-order valence-electron chi connectivity index (χ0n) is 13.2. The lowest BCUT2D eigenvalue weighted by Crippen LogP contribution is -2.17. The summed E-state index contributed by atoms with van der Waals surface area (Å²) in [5.74, 6) is 1.28. The SMILES string of the molecule is CN(C)c1cc(NC2CC2)n2ncc(C=C3SC(=O)NC3=O)c2n1. The Morgan fingerprint density at radius 3 is 2.83 bits per heavy atom. The van der Waals surface area contributed by atoms with Crippen molar-refractivity contribution in [1.29, 1.82) is 0 Å². The molecule has 2 fully saturated rings. The number of nitrogens with zero attached hydrogens (tertiary/aromatic N) is 4. The van der Waals surface area contributed by atoms with Crippen LogP contribution in [0.3, 0.4) is 0 Å². The van der Waals surface area contributed by atoms with Crippen LogP contribution in [0.15, 0.2) is 17.2 Å². The van der Waals surface area contributed by atoms with Crippen LogP contribution in [0.1, 0.15) is 18.4 Å². The first-order valence-electron chi connectivity index (χ1n) is 7.59. The molecule has 0 aromatic carbocycles. The monoisotopic (exact) mass is 344 g/mol. The number of hydrogen-bond acceptors (Lipinski definition) is 7. The molecule has 2 aromatic heterocycles. The fraction of sp³-hybridized carbons (Fsp3) is 0.333. The van der Waals surface area contributed by atoms with Crippen molar-refractivity contribution in [2.75, 3.05) is 24.3 Å². The summed E-state index contributed by atoms with van der Waals surface area (Å²) in [7, 11) is 3.85. The Morgan fingerprint density at radius 1 is 1.42 bits per heavy atom. The molecule has 1 saturated heterocycles. The lowest BCUT2D eigenvalue weighted by molar-refractivity contribution is -0.115. The first-order chi connectivity index (χ1) is 11.5. The number of imide groups is 1. The Labute approximate surface area is 142 Å². The van der Waals surface area contributed by atoms with Crippen molar-refractivity contribution in [2.45, 2.75) is 18.9 Å². The maximum atomic E-state index is 11.8. The number of anilines is 2. The number of fused-ring (bicyclic) bond motifs is 1. The third-order valence-electron chi connectivity index (χ3n) is 3.80. The van der Waals surface area contributed by atoms with E-state index in [1.54, 1.807) is 16.8 Å². The van der Waals surface area contributed by atoms with Crippen LogP contribution in [-0.4, -0.2) is 45.9 Å². The van der Waals surface area contributed by atoms with Crippen LogP contribution in [0, 0.1) is 0 Å². The van der Waals surface area contributed by atoms with Crippen LogP contribution in [0.25, 0.3) is 11.7 Å². The molecule has 124 valence electrons. The summed E-state index contributed by atoms with van der Waals surface area (Å²) in [4.78, 5) is 30.0. The molecule has 2 aromatic rings. The number of carbonyl (C=O) groups excluding carboxylic acids is 2. The smallest absolute Gasteiger partial charge is 0.290 e. The van der Waals surface area contributed by atoms with Gasteiger partial charge in [-0.05, 0) is 30.7 Å². The summed E-state index contributed by atoms with van der Waals surface area (Å²) in [6, 6.07) is 2.43. The minimum Gasteiger partial charge on any atom is -0.367 e. The van der Waals surface area contributed by atoms with Gasteiger partial charge in [-0.1, -0.05) is 0 Å². The fourth-order valence-electron chi connectivity index (χ4n) is 2.40. The molecule has 1 aliphatic carbocycles. The first kappa shape index (κ1) is 15.0. The van der Waals surface area contributed by atoms with Crippen molar-refractivity contribution in [3.8, 4) is 0 Å². The first-order valence-corrected chi connectivity index (χ1v) is 8.40. The van der Waals surface area contributed by atoms with Gasteiger partial charge in [0.15, 0.2) is 5.65 Å². The van der Waals surface area contributed by atoms with Crippen molar-refractivity contribution in [2.24, 2.45) is 0 Å². The third kappa shape index (κ3) is 2.71.